The first-order valence-corrected chi connectivity index (χ1v) is 8.62. The molecule has 0 saturated heterocycles. The highest BCUT2D eigenvalue weighted by Gasteiger charge is 2.25. The van der Waals surface area contributed by atoms with E-state index >= 15 is 0 Å². The molecule has 0 aliphatic carbocycles. The SMILES string of the molecule is CNC(CC1CCOc2ccccc21)CS(C)(=O)=O. The van der Waals surface area contributed by atoms with Crippen LogP contribution in [0, 0.1) is 0 Å². The summed E-state index contributed by atoms with van der Waals surface area (Å²) in [5.74, 6) is 1.49. The van der Waals surface area contributed by atoms with Crippen LogP contribution in [-0.2, 0) is 9.84 Å². The zero-order valence-electron chi connectivity index (χ0n) is 11.4. The number of nitrogens with one attached hydrogen (secondary N) is 1. The fraction of sp³-hybridized carbons (Fsp3) is 0.571. The van der Waals surface area contributed by atoms with Crippen molar-refractivity contribution in [1.82, 2.24) is 5.32 Å². The molecule has 19 heavy (non-hydrogen) atoms. The molecule has 2 unspecified atom stereocenters. The van der Waals surface area contributed by atoms with Crippen molar-refractivity contribution in [2.45, 2.75) is 24.8 Å². The molecular weight excluding hydrogens is 262 g/mol. The van der Waals surface area contributed by atoms with Crippen LogP contribution in [0.25, 0.3) is 0 Å². The van der Waals surface area contributed by atoms with Crippen molar-refractivity contribution >= 4 is 9.84 Å². The summed E-state index contributed by atoms with van der Waals surface area (Å²) in [5, 5.41) is 3.12. The summed E-state index contributed by atoms with van der Waals surface area (Å²) in [6.07, 6.45) is 3.05. The standard InChI is InChI=1S/C14H21NO3S/c1-15-12(10-19(2,16)17)9-11-7-8-18-14-6-4-3-5-13(11)14/h3-6,11-12,15H,7-10H2,1-2H3. The van der Waals surface area contributed by atoms with Gasteiger partial charge in [-0.15, -0.1) is 0 Å². The Labute approximate surface area is 115 Å². The Balaban J connectivity index is 2.11. The Hall–Kier alpha value is -1.07. The predicted molar refractivity (Wildman–Crippen MR) is 76.5 cm³/mol. The van der Waals surface area contributed by atoms with Crippen LogP contribution in [0.1, 0.15) is 24.3 Å². The molecule has 1 aromatic carbocycles. The Kier molecular flexibility index (Phi) is 4.47. The van der Waals surface area contributed by atoms with E-state index in [1.54, 1.807) is 0 Å². The molecule has 1 aliphatic heterocycles. The largest absolute Gasteiger partial charge is 0.493 e. The Morgan fingerprint density at radius 3 is 2.84 bits per heavy atom. The van der Waals surface area contributed by atoms with Crippen LogP contribution in [0.2, 0.25) is 0 Å². The molecule has 0 saturated carbocycles. The van der Waals surface area contributed by atoms with Gasteiger partial charge in [0.15, 0.2) is 0 Å². The highest BCUT2D eigenvalue weighted by Crippen LogP contribution is 2.36. The second-order valence-electron chi connectivity index (χ2n) is 5.19. The molecule has 5 heteroatoms. The van der Waals surface area contributed by atoms with Crippen molar-refractivity contribution < 1.29 is 13.2 Å². The molecule has 106 valence electrons. The topological polar surface area (TPSA) is 55.4 Å². The number of para-hydroxylation sites is 1. The molecule has 1 heterocycles. The van der Waals surface area contributed by atoms with Crippen molar-refractivity contribution in [2.75, 3.05) is 25.7 Å². The summed E-state index contributed by atoms with van der Waals surface area (Å²) < 4.78 is 28.5. The highest BCUT2D eigenvalue weighted by molar-refractivity contribution is 7.90. The molecule has 0 radical (unpaired) electrons. The van der Waals surface area contributed by atoms with Crippen molar-refractivity contribution in [3.8, 4) is 5.75 Å². The summed E-state index contributed by atoms with van der Waals surface area (Å²) in [6.45, 7) is 0.705. The lowest BCUT2D eigenvalue weighted by Gasteiger charge is -2.28. The number of benzene rings is 1. The van der Waals surface area contributed by atoms with Gasteiger partial charge < -0.3 is 10.1 Å². The van der Waals surface area contributed by atoms with Crippen molar-refractivity contribution in [3.05, 3.63) is 29.8 Å². The third-order valence-electron chi connectivity index (χ3n) is 3.56. The molecule has 0 bridgehead atoms. The van der Waals surface area contributed by atoms with Gasteiger partial charge in [0.2, 0.25) is 0 Å². The monoisotopic (exact) mass is 283 g/mol. The van der Waals surface area contributed by atoms with Gasteiger partial charge in [0.05, 0.1) is 12.4 Å². The van der Waals surface area contributed by atoms with E-state index in [-0.39, 0.29) is 11.8 Å². The minimum absolute atomic E-state index is 0.00819. The third-order valence-corrected chi connectivity index (χ3v) is 4.57. The minimum Gasteiger partial charge on any atom is -0.493 e. The van der Waals surface area contributed by atoms with E-state index < -0.39 is 9.84 Å². The Bertz CT molecular complexity index is 527. The molecule has 0 aromatic heterocycles. The van der Waals surface area contributed by atoms with Crippen LogP contribution in [0.5, 0.6) is 5.75 Å². The average Bonchev–Trinajstić information content (AvgIpc) is 2.37. The fourth-order valence-electron chi connectivity index (χ4n) is 2.64. The zero-order chi connectivity index (χ0) is 13.9. The van der Waals surface area contributed by atoms with E-state index in [4.69, 9.17) is 4.74 Å². The molecule has 2 rings (SSSR count). The molecule has 1 aliphatic rings. The van der Waals surface area contributed by atoms with E-state index in [9.17, 15) is 8.42 Å². The van der Waals surface area contributed by atoms with Crippen molar-refractivity contribution in [2.24, 2.45) is 0 Å². The molecule has 0 fully saturated rings. The number of fused-ring (bicyclic) bond motifs is 1. The average molecular weight is 283 g/mol. The van der Waals surface area contributed by atoms with Gasteiger partial charge in [-0.25, -0.2) is 8.42 Å². The van der Waals surface area contributed by atoms with E-state index in [0.29, 0.717) is 12.5 Å². The van der Waals surface area contributed by atoms with E-state index in [0.717, 1.165) is 18.6 Å². The number of sulfone groups is 1. The second kappa shape index (κ2) is 5.92. The van der Waals surface area contributed by atoms with Crippen molar-refractivity contribution in [1.29, 1.82) is 0 Å². The number of ether oxygens (including phenoxy) is 1. The second-order valence-corrected chi connectivity index (χ2v) is 7.37. The zero-order valence-corrected chi connectivity index (χ0v) is 12.2. The molecule has 4 nitrogen and oxygen atoms in total. The highest BCUT2D eigenvalue weighted by atomic mass is 32.2. The normalized spacial score (nSPS) is 20.4. The van der Waals surface area contributed by atoms with Crippen LogP contribution in [0.4, 0.5) is 0 Å². The number of rotatable bonds is 5. The Morgan fingerprint density at radius 2 is 2.16 bits per heavy atom. The summed E-state index contributed by atoms with van der Waals surface area (Å²) in [7, 11) is -1.14. The maximum Gasteiger partial charge on any atom is 0.148 e. The van der Waals surface area contributed by atoms with Gasteiger partial charge in [0, 0.05) is 12.3 Å². The molecule has 1 aromatic rings. The fourth-order valence-corrected chi connectivity index (χ4v) is 3.67. The lowest BCUT2D eigenvalue weighted by atomic mass is 9.88. The maximum atomic E-state index is 11.4. The van der Waals surface area contributed by atoms with Gasteiger partial charge in [-0.3, -0.25) is 0 Å². The Morgan fingerprint density at radius 1 is 1.42 bits per heavy atom. The minimum atomic E-state index is -2.96. The van der Waals surface area contributed by atoms with Gasteiger partial charge in [-0.2, -0.15) is 0 Å². The summed E-state index contributed by atoms with van der Waals surface area (Å²) >= 11 is 0. The van der Waals surface area contributed by atoms with Gasteiger partial charge in [-0.05, 0) is 37.4 Å². The van der Waals surface area contributed by atoms with Gasteiger partial charge in [0.25, 0.3) is 0 Å². The van der Waals surface area contributed by atoms with E-state index in [1.807, 2.05) is 25.2 Å². The molecule has 0 spiro atoms. The molecule has 0 amide bonds. The van der Waals surface area contributed by atoms with Crippen LogP contribution < -0.4 is 10.1 Å². The van der Waals surface area contributed by atoms with Gasteiger partial charge in [0.1, 0.15) is 15.6 Å². The number of hydrogen-bond acceptors (Lipinski definition) is 4. The van der Waals surface area contributed by atoms with Crippen LogP contribution in [0.15, 0.2) is 24.3 Å². The maximum absolute atomic E-state index is 11.4. The summed E-state index contributed by atoms with van der Waals surface area (Å²) in [6, 6.07) is 8.02. The first-order valence-electron chi connectivity index (χ1n) is 6.56. The smallest absolute Gasteiger partial charge is 0.148 e. The lowest BCUT2D eigenvalue weighted by molar-refractivity contribution is 0.257. The quantitative estimate of drug-likeness (QED) is 0.891. The van der Waals surface area contributed by atoms with Crippen LogP contribution in [-0.4, -0.2) is 40.1 Å². The third kappa shape index (κ3) is 3.94. The predicted octanol–water partition coefficient (Wildman–Crippen LogP) is 1.58. The van der Waals surface area contributed by atoms with Crippen LogP contribution in [0.3, 0.4) is 0 Å². The first-order chi connectivity index (χ1) is 8.99. The molecule has 1 N–H and O–H groups in total. The number of hydrogen-bond donors (Lipinski definition) is 1. The molecular formula is C14H21NO3S. The van der Waals surface area contributed by atoms with E-state index in [1.165, 1.54) is 11.8 Å². The summed E-state index contributed by atoms with van der Waals surface area (Å²) in [4.78, 5) is 0. The molecule has 2 atom stereocenters. The van der Waals surface area contributed by atoms with Gasteiger partial charge in [-0.1, -0.05) is 18.2 Å². The lowest BCUT2D eigenvalue weighted by Crippen LogP contribution is -2.35. The van der Waals surface area contributed by atoms with Gasteiger partial charge >= 0.3 is 0 Å². The summed E-state index contributed by atoms with van der Waals surface area (Å²) in [5.41, 5.74) is 1.20. The van der Waals surface area contributed by atoms with Crippen molar-refractivity contribution in [3.63, 3.8) is 0 Å². The van der Waals surface area contributed by atoms with Crippen LogP contribution >= 0.6 is 0 Å². The first kappa shape index (κ1) is 14.3. The van der Waals surface area contributed by atoms with E-state index in [2.05, 4.69) is 11.4 Å².